The number of piperazine rings is 2. The predicted octanol–water partition coefficient (Wildman–Crippen LogP) is -0.759. The standard InChI is InChI=1S/C16H22N4O4S/c1-12-10-17-5-8-20(12)16(22)13-3-2-4-14(9-13)25(23,24)19-7-6-18-15(21)11-19/h2-4,9,12,17H,5-8,10-11H2,1H3,(H,18,21)/t12-/m0/s1. The van der Waals surface area contributed by atoms with Gasteiger partial charge < -0.3 is 15.5 Å². The van der Waals surface area contributed by atoms with E-state index < -0.39 is 10.0 Å². The molecule has 1 atom stereocenters. The Morgan fingerprint density at radius 3 is 2.76 bits per heavy atom. The van der Waals surface area contributed by atoms with Crippen LogP contribution in [-0.2, 0) is 14.8 Å². The summed E-state index contributed by atoms with van der Waals surface area (Å²) in [7, 11) is -3.81. The van der Waals surface area contributed by atoms with Gasteiger partial charge in [-0.1, -0.05) is 6.07 Å². The minimum Gasteiger partial charge on any atom is -0.354 e. The summed E-state index contributed by atoms with van der Waals surface area (Å²) in [5, 5.41) is 5.82. The number of hydrogen-bond acceptors (Lipinski definition) is 5. The Bertz CT molecular complexity index is 780. The molecule has 2 fully saturated rings. The Morgan fingerprint density at radius 2 is 2.04 bits per heavy atom. The van der Waals surface area contributed by atoms with E-state index >= 15 is 0 Å². The Balaban J connectivity index is 1.85. The van der Waals surface area contributed by atoms with E-state index in [1.54, 1.807) is 17.0 Å². The fourth-order valence-electron chi connectivity index (χ4n) is 3.07. The predicted molar refractivity (Wildman–Crippen MR) is 91.6 cm³/mol. The van der Waals surface area contributed by atoms with Crippen molar-refractivity contribution >= 4 is 21.8 Å². The third kappa shape index (κ3) is 3.68. The van der Waals surface area contributed by atoms with Crippen LogP contribution < -0.4 is 10.6 Å². The monoisotopic (exact) mass is 366 g/mol. The molecular formula is C16H22N4O4S. The van der Waals surface area contributed by atoms with Crippen molar-refractivity contribution in [2.24, 2.45) is 0 Å². The molecule has 2 N–H and O–H groups in total. The van der Waals surface area contributed by atoms with Gasteiger partial charge in [-0.3, -0.25) is 9.59 Å². The molecule has 3 rings (SSSR count). The molecule has 0 radical (unpaired) electrons. The van der Waals surface area contributed by atoms with Gasteiger partial charge >= 0.3 is 0 Å². The van der Waals surface area contributed by atoms with Crippen molar-refractivity contribution in [1.82, 2.24) is 19.8 Å². The molecule has 0 bridgehead atoms. The topological polar surface area (TPSA) is 98.8 Å². The molecule has 1 aromatic rings. The SMILES string of the molecule is C[C@H]1CNCCN1C(=O)c1cccc(S(=O)(=O)N2CCNC(=O)C2)c1. The summed E-state index contributed by atoms with van der Waals surface area (Å²) in [6.07, 6.45) is 0. The first-order valence-electron chi connectivity index (χ1n) is 8.28. The van der Waals surface area contributed by atoms with E-state index in [0.717, 1.165) is 10.8 Å². The first-order valence-corrected chi connectivity index (χ1v) is 9.72. The quantitative estimate of drug-likeness (QED) is 0.733. The summed E-state index contributed by atoms with van der Waals surface area (Å²) in [6, 6.07) is 6.10. The Morgan fingerprint density at radius 1 is 1.24 bits per heavy atom. The fourth-order valence-corrected chi connectivity index (χ4v) is 4.51. The van der Waals surface area contributed by atoms with Gasteiger partial charge in [-0.05, 0) is 25.1 Å². The first-order chi connectivity index (χ1) is 11.9. The van der Waals surface area contributed by atoms with Gasteiger partial charge in [0.2, 0.25) is 15.9 Å². The molecule has 1 aromatic carbocycles. The number of rotatable bonds is 3. The highest BCUT2D eigenvalue weighted by atomic mass is 32.2. The molecule has 2 heterocycles. The van der Waals surface area contributed by atoms with E-state index in [1.165, 1.54) is 12.1 Å². The number of carbonyl (C=O) groups excluding carboxylic acids is 2. The first kappa shape index (κ1) is 17.8. The highest BCUT2D eigenvalue weighted by Gasteiger charge is 2.30. The summed E-state index contributed by atoms with van der Waals surface area (Å²) in [5.74, 6) is -0.501. The number of hydrogen-bond donors (Lipinski definition) is 2. The third-order valence-corrected chi connectivity index (χ3v) is 6.33. The van der Waals surface area contributed by atoms with Crippen LogP contribution >= 0.6 is 0 Å². The van der Waals surface area contributed by atoms with Gasteiger partial charge in [-0.25, -0.2) is 8.42 Å². The third-order valence-electron chi connectivity index (χ3n) is 4.48. The second-order valence-corrected chi connectivity index (χ2v) is 8.21. The van der Waals surface area contributed by atoms with Gasteiger partial charge in [-0.2, -0.15) is 4.31 Å². The zero-order valence-electron chi connectivity index (χ0n) is 14.1. The second-order valence-electron chi connectivity index (χ2n) is 6.27. The molecule has 0 spiro atoms. The van der Waals surface area contributed by atoms with Crippen LogP contribution in [0.1, 0.15) is 17.3 Å². The van der Waals surface area contributed by atoms with Gasteiger partial charge in [0, 0.05) is 44.3 Å². The summed E-state index contributed by atoms with van der Waals surface area (Å²) in [4.78, 5) is 26.0. The van der Waals surface area contributed by atoms with Crippen LogP contribution in [0.3, 0.4) is 0 Å². The Kier molecular flexibility index (Phi) is 5.07. The van der Waals surface area contributed by atoms with E-state index in [4.69, 9.17) is 0 Å². The molecule has 0 aromatic heterocycles. The van der Waals surface area contributed by atoms with Crippen LogP contribution in [0.25, 0.3) is 0 Å². The number of benzene rings is 1. The smallest absolute Gasteiger partial charge is 0.254 e. The maximum atomic E-state index is 12.8. The van der Waals surface area contributed by atoms with E-state index in [1.807, 2.05) is 6.92 Å². The van der Waals surface area contributed by atoms with Crippen molar-refractivity contribution in [1.29, 1.82) is 0 Å². The van der Waals surface area contributed by atoms with Gasteiger partial charge in [0.1, 0.15) is 0 Å². The molecule has 0 saturated carbocycles. The van der Waals surface area contributed by atoms with Crippen molar-refractivity contribution in [3.05, 3.63) is 29.8 Å². The maximum Gasteiger partial charge on any atom is 0.254 e. The molecule has 0 unspecified atom stereocenters. The molecule has 2 saturated heterocycles. The molecule has 2 amide bonds. The van der Waals surface area contributed by atoms with Crippen molar-refractivity contribution in [2.75, 3.05) is 39.3 Å². The average Bonchev–Trinajstić information content (AvgIpc) is 2.62. The second kappa shape index (κ2) is 7.11. The molecular weight excluding hydrogens is 344 g/mol. The van der Waals surface area contributed by atoms with Crippen LogP contribution in [0, 0.1) is 0 Å². The Hall–Kier alpha value is -1.97. The number of sulfonamides is 1. The van der Waals surface area contributed by atoms with Crippen LogP contribution in [0.5, 0.6) is 0 Å². The van der Waals surface area contributed by atoms with Crippen molar-refractivity contribution in [3.8, 4) is 0 Å². The van der Waals surface area contributed by atoms with E-state index in [0.29, 0.717) is 18.7 Å². The zero-order valence-corrected chi connectivity index (χ0v) is 14.9. The number of amides is 2. The van der Waals surface area contributed by atoms with Crippen LogP contribution in [-0.4, -0.2) is 74.7 Å². The zero-order chi connectivity index (χ0) is 18.0. The van der Waals surface area contributed by atoms with Crippen LogP contribution in [0.4, 0.5) is 0 Å². The molecule has 2 aliphatic rings. The number of carbonyl (C=O) groups is 2. The largest absolute Gasteiger partial charge is 0.354 e. The lowest BCUT2D eigenvalue weighted by molar-refractivity contribution is -0.122. The lowest BCUT2D eigenvalue weighted by Crippen LogP contribution is -2.52. The fraction of sp³-hybridized carbons (Fsp3) is 0.500. The molecule has 8 nitrogen and oxygen atoms in total. The van der Waals surface area contributed by atoms with Crippen LogP contribution in [0.15, 0.2) is 29.2 Å². The van der Waals surface area contributed by atoms with Crippen molar-refractivity contribution < 1.29 is 18.0 Å². The van der Waals surface area contributed by atoms with Crippen molar-refractivity contribution in [2.45, 2.75) is 17.9 Å². The summed E-state index contributed by atoms with van der Waals surface area (Å²) in [5.41, 5.74) is 0.344. The number of nitrogens with zero attached hydrogens (tertiary/aromatic N) is 2. The minimum atomic E-state index is -3.81. The summed E-state index contributed by atoms with van der Waals surface area (Å²) < 4.78 is 26.7. The molecule has 2 aliphatic heterocycles. The summed E-state index contributed by atoms with van der Waals surface area (Å²) in [6.45, 7) is 4.29. The van der Waals surface area contributed by atoms with Crippen LogP contribution in [0.2, 0.25) is 0 Å². The molecule has 0 aliphatic carbocycles. The van der Waals surface area contributed by atoms with E-state index in [-0.39, 0.29) is 42.4 Å². The van der Waals surface area contributed by atoms with Gasteiger partial charge in [-0.15, -0.1) is 0 Å². The lowest BCUT2D eigenvalue weighted by atomic mass is 10.1. The van der Waals surface area contributed by atoms with E-state index in [2.05, 4.69) is 10.6 Å². The highest BCUT2D eigenvalue weighted by Crippen LogP contribution is 2.19. The van der Waals surface area contributed by atoms with Gasteiger partial charge in [0.15, 0.2) is 0 Å². The normalized spacial score (nSPS) is 22.5. The Labute approximate surface area is 147 Å². The molecule has 136 valence electrons. The van der Waals surface area contributed by atoms with Gasteiger partial charge in [0.25, 0.3) is 5.91 Å². The van der Waals surface area contributed by atoms with Gasteiger partial charge in [0.05, 0.1) is 11.4 Å². The average molecular weight is 366 g/mol. The van der Waals surface area contributed by atoms with Crippen molar-refractivity contribution in [3.63, 3.8) is 0 Å². The number of nitrogens with one attached hydrogen (secondary N) is 2. The molecule has 9 heteroatoms. The lowest BCUT2D eigenvalue weighted by Gasteiger charge is -2.34. The maximum absolute atomic E-state index is 12.8. The van der Waals surface area contributed by atoms with E-state index in [9.17, 15) is 18.0 Å². The highest BCUT2D eigenvalue weighted by molar-refractivity contribution is 7.89. The minimum absolute atomic E-state index is 0.0378. The molecule has 25 heavy (non-hydrogen) atoms. The summed E-state index contributed by atoms with van der Waals surface area (Å²) >= 11 is 0.